The summed E-state index contributed by atoms with van der Waals surface area (Å²) in [6.07, 6.45) is 5.36. The third-order valence-electron chi connectivity index (χ3n) is 0.906. The first-order valence-corrected chi connectivity index (χ1v) is 2.69. The predicted octanol–water partition coefficient (Wildman–Crippen LogP) is 2.48. The molecule has 0 bridgehead atoms. The monoisotopic (exact) mass is 114 g/mol. The Morgan fingerprint density at radius 2 is 2.12 bits per heavy atom. The van der Waals surface area contributed by atoms with Gasteiger partial charge in [0.05, 0.1) is 0 Å². The fraction of sp³-hybridized carbons (Fsp3) is 0.429. The van der Waals surface area contributed by atoms with Crippen molar-refractivity contribution in [2.24, 2.45) is 0 Å². The number of allylic oxidation sites excluding steroid dienone is 4. The zero-order valence-electron chi connectivity index (χ0n) is 5.32. The number of rotatable bonds is 2. The summed E-state index contributed by atoms with van der Waals surface area (Å²) in [5, 5.41) is 0. The lowest BCUT2D eigenvalue weighted by Crippen LogP contribution is -1.76. The average molecular weight is 114 g/mol. The molecule has 0 nitrogen and oxygen atoms in total. The second-order valence-electron chi connectivity index (χ2n) is 1.50. The molecule has 0 N–H and O–H groups in total. The number of halogens is 1. The molecule has 0 rings (SSSR count). The van der Waals surface area contributed by atoms with Gasteiger partial charge in [-0.3, -0.25) is 0 Å². The van der Waals surface area contributed by atoms with Gasteiger partial charge >= 0.3 is 0 Å². The van der Waals surface area contributed by atoms with E-state index in [-0.39, 0.29) is 6.67 Å². The van der Waals surface area contributed by atoms with Gasteiger partial charge in [-0.15, -0.1) is 0 Å². The van der Waals surface area contributed by atoms with Gasteiger partial charge in [0.1, 0.15) is 6.67 Å². The molecule has 0 aliphatic heterocycles. The molecule has 8 heavy (non-hydrogen) atoms. The molecule has 0 atom stereocenters. The molecular formula is C7H11F. The Kier molecular flexibility index (Phi) is 4.23. The van der Waals surface area contributed by atoms with Crippen molar-refractivity contribution < 1.29 is 4.39 Å². The lowest BCUT2D eigenvalue weighted by Gasteiger charge is -1.87. The highest BCUT2D eigenvalue weighted by molar-refractivity contribution is 5.17. The molecular weight excluding hydrogens is 103 g/mol. The fourth-order valence-electron chi connectivity index (χ4n) is 0.432. The van der Waals surface area contributed by atoms with Gasteiger partial charge in [-0.05, 0) is 19.4 Å². The molecule has 0 fully saturated rings. The van der Waals surface area contributed by atoms with Crippen molar-refractivity contribution in [1.82, 2.24) is 0 Å². The fourth-order valence-corrected chi connectivity index (χ4v) is 0.432. The Labute approximate surface area is 49.7 Å². The van der Waals surface area contributed by atoms with E-state index in [1.54, 1.807) is 12.2 Å². The van der Waals surface area contributed by atoms with Gasteiger partial charge < -0.3 is 0 Å². The molecule has 0 spiro atoms. The maximum absolute atomic E-state index is 11.7. The van der Waals surface area contributed by atoms with Crippen LogP contribution in [-0.4, -0.2) is 6.67 Å². The van der Waals surface area contributed by atoms with E-state index in [1.165, 1.54) is 0 Å². The molecule has 0 radical (unpaired) electrons. The Bertz CT molecular complexity index is 98.2. The highest BCUT2D eigenvalue weighted by Crippen LogP contribution is 1.95. The van der Waals surface area contributed by atoms with E-state index in [1.807, 2.05) is 19.9 Å². The van der Waals surface area contributed by atoms with Crippen LogP contribution in [0.1, 0.15) is 13.8 Å². The predicted molar refractivity (Wildman–Crippen MR) is 34.5 cm³/mol. The minimum absolute atomic E-state index is 0.360. The normalized spacial score (nSPS) is 13.1. The Morgan fingerprint density at radius 1 is 1.50 bits per heavy atom. The van der Waals surface area contributed by atoms with Crippen LogP contribution in [0.3, 0.4) is 0 Å². The molecule has 0 aliphatic rings. The summed E-state index contributed by atoms with van der Waals surface area (Å²) >= 11 is 0. The Hall–Kier alpha value is -0.590. The van der Waals surface area contributed by atoms with E-state index < -0.39 is 0 Å². The van der Waals surface area contributed by atoms with Crippen molar-refractivity contribution in [2.75, 3.05) is 6.67 Å². The third-order valence-corrected chi connectivity index (χ3v) is 0.906. The SMILES string of the molecule is C/C=C\C(=C/C)CF. The van der Waals surface area contributed by atoms with Crippen LogP contribution in [0, 0.1) is 0 Å². The summed E-state index contributed by atoms with van der Waals surface area (Å²) < 4.78 is 11.7. The van der Waals surface area contributed by atoms with Crippen LogP contribution in [0.4, 0.5) is 4.39 Å². The lowest BCUT2D eigenvalue weighted by molar-refractivity contribution is 0.549. The van der Waals surface area contributed by atoms with Crippen LogP contribution in [0.15, 0.2) is 23.8 Å². The lowest BCUT2D eigenvalue weighted by atomic mass is 10.2. The van der Waals surface area contributed by atoms with Crippen molar-refractivity contribution in [3.05, 3.63) is 23.8 Å². The minimum atomic E-state index is -0.360. The standard InChI is InChI=1S/C7H11F/c1-3-5-7(4-2)6-8/h3-5H,6H2,1-2H3/b5-3-,7-4+. The van der Waals surface area contributed by atoms with Gasteiger partial charge in [0.25, 0.3) is 0 Å². The van der Waals surface area contributed by atoms with Crippen molar-refractivity contribution in [3.63, 3.8) is 0 Å². The average Bonchev–Trinajstić information content (AvgIpc) is 1.83. The van der Waals surface area contributed by atoms with Crippen molar-refractivity contribution in [2.45, 2.75) is 13.8 Å². The first kappa shape index (κ1) is 7.41. The van der Waals surface area contributed by atoms with E-state index in [9.17, 15) is 4.39 Å². The van der Waals surface area contributed by atoms with E-state index >= 15 is 0 Å². The Balaban J connectivity index is 3.72. The zero-order chi connectivity index (χ0) is 6.41. The maximum Gasteiger partial charge on any atom is 0.114 e. The van der Waals surface area contributed by atoms with Gasteiger partial charge in [-0.1, -0.05) is 18.2 Å². The molecule has 0 aliphatic carbocycles. The molecule has 0 aromatic heterocycles. The van der Waals surface area contributed by atoms with Crippen LogP contribution in [0.25, 0.3) is 0 Å². The highest BCUT2D eigenvalue weighted by Gasteiger charge is 1.82. The van der Waals surface area contributed by atoms with Gasteiger partial charge in [-0.25, -0.2) is 4.39 Å². The molecule has 1 heteroatoms. The summed E-state index contributed by atoms with van der Waals surface area (Å²) in [4.78, 5) is 0. The van der Waals surface area contributed by atoms with Gasteiger partial charge in [0.2, 0.25) is 0 Å². The van der Waals surface area contributed by atoms with E-state index in [4.69, 9.17) is 0 Å². The summed E-state index contributed by atoms with van der Waals surface area (Å²) in [6.45, 7) is 3.34. The van der Waals surface area contributed by atoms with Crippen molar-refractivity contribution >= 4 is 0 Å². The molecule has 0 saturated carbocycles. The second-order valence-corrected chi connectivity index (χ2v) is 1.50. The number of hydrogen-bond donors (Lipinski definition) is 0. The largest absolute Gasteiger partial charge is 0.246 e. The maximum atomic E-state index is 11.7. The first-order chi connectivity index (χ1) is 3.85. The second kappa shape index (κ2) is 4.57. The summed E-state index contributed by atoms with van der Waals surface area (Å²) in [5.74, 6) is 0. The summed E-state index contributed by atoms with van der Waals surface area (Å²) in [6, 6.07) is 0. The highest BCUT2D eigenvalue weighted by atomic mass is 19.1. The quantitative estimate of drug-likeness (QED) is 0.484. The van der Waals surface area contributed by atoms with E-state index in [0.29, 0.717) is 0 Å². The molecule has 0 aromatic rings. The molecule has 0 unspecified atom stereocenters. The van der Waals surface area contributed by atoms with E-state index in [2.05, 4.69) is 0 Å². The van der Waals surface area contributed by atoms with Crippen molar-refractivity contribution in [3.8, 4) is 0 Å². The summed E-state index contributed by atoms with van der Waals surface area (Å²) in [7, 11) is 0. The topological polar surface area (TPSA) is 0 Å². The van der Waals surface area contributed by atoms with Crippen LogP contribution in [0.2, 0.25) is 0 Å². The van der Waals surface area contributed by atoms with Crippen LogP contribution >= 0.6 is 0 Å². The number of hydrogen-bond acceptors (Lipinski definition) is 0. The van der Waals surface area contributed by atoms with Gasteiger partial charge in [0, 0.05) is 0 Å². The molecule has 0 amide bonds. The smallest absolute Gasteiger partial charge is 0.114 e. The number of alkyl halides is 1. The van der Waals surface area contributed by atoms with Crippen LogP contribution in [-0.2, 0) is 0 Å². The third kappa shape index (κ3) is 2.56. The molecule has 0 heterocycles. The van der Waals surface area contributed by atoms with Crippen molar-refractivity contribution in [1.29, 1.82) is 0 Å². The first-order valence-electron chi connectivity index (χ1n) is 2.69. The van der Waals surface area contributed by atoms with Gasteiger partial charge in [-0.2, -0.15) is 0 Å². The Morgan fingerprint density at radius 3 is 2.25 bits per heavy atom. The van der Waals surface area contributed by atoms with Crippen LogP contribution < -0.4 is 0 Å². The van der Waals surface area contributed by atoms with Gasteiger partial charge in [0.15, 0.2) is 0 Å². The van der Waals surface area contributed by atoms with E-state index in [0.717, 1.165) is 5.57 Å². The molecule has 0 aromatic carbocycles. The zero-order valence-corrected chi connectivity index (χ0v) is 5.32. The summed E-state index contributed by atoms with van der Waals surface area (Å²) in [5.41, 5.74) is 0.743. The van der Waals surface area contributed by atoms with Crippen LogP contribution in [0.5, 0.6) is 0 Å². The molecule has 0 saturated heterocycles. The minimum Gasteiger partial charge on any atom is -0.246 e. The molecule has 46 valence electrons.